The average molecular weight is 380 g/mol. The number of fused-ring (bicyclic) bond motifs is 1. The van der Waals surface area contributed by atoms with E-state index in [1.807, 2.05) is 65.8 Å². The third-order valence-corrected chi connectivity index (χ3v) is 4.90. The molecule has 1 aliphatic rings. The Bertz CT molecular complexity index is 935. The Labute approximate surface area is 167 Å². The molecule has 1 aliphatic heterocycles. The summed E-state index contributed by atoms with van der Waals surface area (Å²) in [6, 6.07) is 11.1. The topological polar surface area (TPSA) is 58.6 Å². The molecule has 0 fully saturated rings. The summed E-state index contributed by atoms with van der Waals surface area (Å²) in [6.07, 6.45) is 1.25. The van der Waals surface area contributed by atoms with Gasteiger partial charge in [0.1, 0.15) is 11.5 Å². The number of hydrogen-bond acceptors (Lipinski definition) is 4. The highest BCUT2D eigenvalue weighted by Gasteiger charge is 2.34. The summed E-state index contributed by atoms with van der Waals surface area (Å²) in [4.78, 5) is 13.3. The Morgan fingerprint density at radius 2 is 1.86 bits per heavy atom. The van der Waals surface area contributed by atoms with E-state index in [0.29, 0.717) is 16.9 Å². The monoisotopic (exact) mass is 379 g/mol. The molecule has 148 valence electrons. The van der Waals surface area contributed by atoms with E-state index in [-0.39, 0.29) is 23.0 Å². The van der Waals surface area contributed by atoms with Crippen molar-refractivity contribution in [2.24, 2.45) is 0 Å². The minimum atomic E-state index is -0.532. The van der Waals surface area contributed by atoms with Gasteiger partial charge in [0.2, 0.25) is 0 Å². The van der Waals surface area contributed by atoms with Crippen LogP contribution >= 0.6 is 0 Å². The second kappa shape index (κ2) is 7.34. The zero-order valence-corrected chi connectivity index (χ0v) is 17.5. The number of Topliss-reactive ketones (excluding diaryl/α,β-unsaturated/α-hetero) is 1. The molecule has 1 heterocycles. The number of aryl methyl sites for hydroxylation is 1. The Kier molecular flexibility index (Phi) is 5.24. The first kappa shape index (κ1) is 20.0. The van der Waals surface area contributed by atoms with Crippen molar-refractivity contribution in [3.63, 3.8) is 0 Å². The van der Waals surface area contributed by atoms with Crippen LogP contribution in [0.5, 0.6) is 11.5 Å². The number of rotatable bonds is 3. The number of ketones is 1. The summed E-state index contributed by atoms with van der Waals surface area (Å²) in [7, 11) is 0. The lowest BCUT2D eigenvalue weighted by Gasteiger charge is -2.31. The van der Waals surface area contributed by atoms with Crippen LogP contribution in [0.25, 0.3) is 0 Å². The maximum atomic E-state index is 13.3. The van der Waals surface area contributed by atoms with Gasteiger partial charge >= 0.3 is 0 Å². The minimum absolute atomic E-state index is 0.0397. The molecule has 0 aliphatic carbocycles. The van der Waals surface area contributed by atoms with Gasteiger partial charge < -0.3 is 15.2 Å². The van der Waals surface area contributed by atoms with Crippen LogP contribution in [0.1, 0.15) is 73.7 Å². The molecule has 0 amide bonds. The van der Waals surface area contributed by atoms with Gasteiger partial charge in [-0.1, -0.05) is 26.0 Å². The predicted molar refractivity (Wildman–Crippen MR) is 112 cm³/mol. The summed E-state index contributed by atoms with van der Waals surface area (Å²) in [5.74, 6) is 0.981. The van der Waals surface area contributed by atoms with Gasteiger partial charge in [-0.3, -0.25) is 4.79 Å². The smallest absolute Gasteiger partial charge is 0.198 e. The molecule has 4 nitrogen and oxygen atoms in total. The Morgan fingerprint density at radius 1 is 1.18 bits per heavy atom. The molecule has 2 aromatic carbocycles. The van der Waals surface area contributed by atoms with Crippen molar-refractivity contribution < 1.29 is 14.6 Å². The van der Waals surface area contributed by atoms with Crippen LogP contribution in [-0.4, -0.2) is 16.4 Å². The number of para-hydroxylation sites is 1. The summed E-state index contributed by atoms with van der Waals surface area (Å²) < 4.78 is 6.31. The molecule has 1 unspecified atom stereocenters. The number of phenolic OH excluding ortho intramolecular Hbond substituents is 1. The first-order chi connectivity index (χ1) is 13.1. The molecule has 28 heavy (non-hydrogen) atoms. The predicted octanol–water partition coefficient (Wildman–Crippen LogP) is 5.41. The fraction of sp³-hybridized carbons (Fsp3) is 0.375. The molecule has 4 heteroatoms. The first-order valence-electron chi connectivity index (χ1n) is 9.70. The van der Waals surface area contributed by atoms with E-state index >= 15 is 0 Å². The fourth-order valence-electron chi connectivity index (χ4n) is 3.36. The second-order valence-corrected chi connectivity index (χ2v) is 8.74. The number of aromatic hydroxyl groups is 1. The maximum absolute atomic E-state index is 13.3. The van der Waals surface area contributed by atoms with E-state index in [4.69, 9.17) is 4.74 Å². The van der Waals surface area contributed by atoms with Gasteiger partial charge in [0.05, 0.1) is 11.1 Å². The summed E-state index contributed by atoms with van der Waals surface area (Å²) >= 11 is 0. The van der Waals surface area contributed by atoms with Crippen LogP contribution in [0.15, 0.2) is 48.2 Å². The lowest BCUT2D eigenvalue weighted by molar-refractivity contribution is 0.0959. The fourth-order valence-corrected chi connectivity index (χ4v) is 3.36. The van der Waals surface area contributed by atoms with E-state index in [2.05, 4.69) is 5.32 Å². The van der Waals surface area contributed by atoms with Crippen molar-refractivity contribution in [3.8, 4) is 11.5 Å². The van der Waals surface area contributed by atoms with Crippen LogP contribution < -0.4 is 10.1 Å². The lowest BCUT2D eigenvalue weighted by Crippen LogP contribution is -2.34. The van der Waals surface area contributed by atoms with E-state index in [9.17, 15) is 9.90 Å². The van der Waals surface area contributed by atoms with E-state index in [1.54, 1.807) is 18.3 Å². The maximum Gasteiger partial charge on any atom is 0.198 e. The third-order valence-electron chi connectivity index (χ3n) is 4.90. The van der Waals surface area contributed by atoms with Crippen LogP contribution in [0, 0.1) is 6.92 Å². The first-order valence-corrected chi connectivity index (χ1v) is 9.70. The molecule has 0 radical (unpaired) electrons. The molecular formula is C24H29NO3. The van der Waals surface area contributed by atoms with Gasteiger partial charge in [-0.2, -0.15) is 0 Å². The van der Waals surface area contributed by atoms with Gasteiger partial charge in [0.15, 0.2) is 11.9 Å². The van der Waals surface area contributed by atoms with Crippen LogP contribution in [0.2, 0.25) is 0 Å². The third kappa shape index (κ3) is 3.91. The summed E-state index contributed by atoms with van der Waals surface area (Å²) in [6.45, 7) is 12.1. The zero-order valence-electron chi connectivity index (χ0n) is 17.5. The number of ether oxygens (including phenoxy) is 1. The van der Waals surface area contributed by atoms with Crippen LogP contribution in [-0.2, 0) is 0 Å². The minimum Gasteiger partial charge on any atom is -0.508 e. The molecule has 2 N–H and O–H groups in total. The van der Waals surface area contributed by atoms with Gasteiger partial charge in [-0.25, -0.2) is 0 Å². The van der Waals surface area contributed by atoms with Gasteiger partial charge in [0.25, 0.3) is 0 Å². The number of carbonyl (C=O) groups is 1. The second-order valence-electron chi connectivity index (χ2n) is 8.74. The summed E-state index contributed by atoms with van der Waals surface area (Å²) in [5, 5.41) is 13.6. The Balaban J connectivity index is 2.17. The SMILES string of the molecule is Cc1cc(O)c(C(C)C)cc1C1Oc2ccccc2C(=O)/C1=C\NC(C)(C)C. The number of benzene rings is 2. The van der Waals surface area contributed by atoms with Crippen molar-refractivity contribution in [1.82, 2.24) is 5.32 Å². The quantitative estimate of drug-likeness (QED) is 0.700. The lowest BCUT2D eigenvalue weighted by atomic mass is 9.87. The largest absolute Gasteiger partial charge is 0.508 e. The van der Waals surface area contributed by atoms with Gasteiger partial charge in [0, 0.05) is 17.3 Å². The van der Waals surface area contributed by atoms with Gasteiger partial charge in [-0.05, 0) is 69.0 Å². The van der Waals surface area contributed by atoms with Gasteiger partial charge in [-0.15, -0.1) is 0 Å². The van der Waals surface area contributed by atoms with Crippen molar-refractivity contribution in [1.29, 1.82) is 0 Å². The highest BCUT2D eigenvalue weighted by molar-refractivity contribution is 6.12. The molecule has 1 atom stereocenters. The van der Waals surface area contributed by atoms with Crippen molar-refractivity contribution in [2.45, 2.75) is 59.1 Å². The average Bonchev–Trinajstić information content (AvgIpc) is 2.60. The van der Waals surface area contributed by atoms with Crippen molar-refractivity contribution >= 4 is 5.78 Å². The molecule has 0 bridgehead atoms. The van der Waals surface area contributed by atoms with Crippen molar-refractivity contribution in [3.05, 3.63) is 70.4 Å². The number of phenols is 1. The van der Waals surface area contributed by atoms with Crippen molar-refractivity contribution in [2.75, 3.05) is 0 Å². The molecule has 2 aromatic rings. The van der Waals surface area contributed by atoms with E-state index in [0.717, 1.165) is 16.7 Å². The van der Waals surface area contributed by atoms with E-state index < -0.39 is 6.10 Å². The number of nitrogens with one attached hydrogen (secondary N) is 1. The molecule has 0 spiro atoms. The zero-order chi connectivity index (χ0) is 20.6. The normalized spacial score (nSPS) is 18.2. The highest BCUT2D eigenvalue weighted by atomic mass is 16.5. The number of hydrogen-bond donors (Lipinski definition) is 2. The summed E-state index contributed by atoms with van der Waals surface area (Å²) in [5.41, 5.74) is 3.59. The Morgan fingerprint density at radius 3 is 2.50 bits per heavy atom. The highest BCUT2D eigenvalue weighted by Crippen LogP contribution is 2.41. The van der Waals surface area contributed by atoms with Crippen LogP contribution in [0.3, 0.4) is 0 Å². The molecule has 0 saturated heterocycles. The molecular weight excluding hydrogens is 350 g/mol. The number of carbonyl (C=O) groups excluding carboxylic acids is 1. The van der Waals surface area contributed by atoms with Crippen LogP contribution in [0.4, 0.5) is 0 Å². The molecule has 0 aromatic heterocycles. The van der Waals surface area contributed by atoms with E-state index in [1.165, 1.54) is 0 Å². The standard InChI is InChI=1S/C24H29NO3/c1-14(2)17-12-18(15(3)11-20(17)26)23-19(13-25-24(4,5)6)22(27)16-9-7-8-10-21(16)28-23/h7-14,23,25-26H,1-6H3/b19-13+. The Hall–Kier alpha value is -2.75. The molecule has 3 rings (SSSR count). The molecule has 0 saturated carbocycles.